The van der Waals surface area contributed by atoms with E-state index < -0.39 is 10.0 Å². The van der Waals surface area contributed by atoms with E-state index in [1.165, 1.54) is 0 Å². The average Bonchev–Trinajstić information content (AvgIpc) is 3.04. The Hall–Kier alpha value is -2.18. The molecule has 0 fully saturated rings. The molecule has 26 heavy (non-hydrogen) atoms. The van der Waals surface area contributed by atoms with Crippen molar-refractivity contribution in [3.8, 4) is 0 Å². The summed E-state index contributed by atoms with van der Waals surface area (Å²) in [5.41, 5.74) is 4.01. The van der Waals surface area contributed by atoms with Gasteiger partial charge in [0, 0.05) is 25.2 Å². The minimum absolute atomic E-state index is 0.0654. The van der Waals surface area contributed by atoms with Gasteiger partial charge in [0.15, 0.2) is 0 Å². The number of rotatable bonds is 6. The highest BCUT2D eigenvalue weighted by molar-refractivity contribution is 7.89. The quantitative estimate of drug-likeness (QED) is 0.848. The van der Waals surface area contributed by atoms with Crippen LogP contribution in [0.15, 0.2) is 47.4 Å². The lowest BCUT2D eigenvalue weighted by Gasteiger charge is -2.16. The minimum atomic E-state index is -3.56. The summed E-state index contributed by atoms with van der Waals surface area (Å²) in [6.45, 7) is 4.82. The van der Waals surface area contributed by atoms with Crippen LogP contribution in [0.5, 0.6) is 0 Å². The first-order valence-corrected chi connectivity index (χ1v) is 10.4. The Morgan fingerprint density at radius 3 is 2.73 bits per heavy atom. The molecule has 1 N–H and O–H groups in total. The molecule has 0 aromatic heterocycles. The van der Waals surface area contributed by atoms with E-state index in [0.29, 0.717) is 32.4 Å². The van der Waals surface area contributed by atoms with E-state index in [2.05, 4.69) is 10.8 Å². The van der Waals surface area contributed by atoms with Crippen molar-refractivity contribution in [1.29, 1.82) is 0 Å². The van der Waals surface area contributed by atoms with Gasteiger partial charge in [-0.1, -0.05) is 36.8 Å². The van der Waals surface area contributed by atoms with Gasteiger partial charge in [0.25, 0.3) is 0 Å². The number of hydrogen-bond donors (Lipinski definition) is 1. The number of amides is 1. The Kier molecular flexibility index (Phi) is 5.44. The maximum Gasteiger partial charge on any atom is 0.240 e. The standard InChI is InChI=1S/C20H24N2O3S/c1-3-20(23)22-12-10-17-14-18(7-8-19(17)22)26(24,25)21-11-9-16-6-4-5-15(2)13-16/h4-8,13-14,21H,3,9-12H2,1-2H3. The van der Waals surface area contributed by atoms with Crippen molar-refractivity contribution < 1.29 is 13.2 Å². The molecule has 0 spiro atoms. The summed E-state index contributed by atoms with van der Waals surface area (Å²) in [7, 11) is -3.56. The van der Waals surface area contributed by atoms with Gasteiger partial charge < -0.3 is 4.90 Å². The fourth-order valence-corrected chi connectivity index (χ4v) is 4.36. The first-order valence-electron chi connectivity index (χ1n) is 8.89. The van der Waals surface area contributed by atoms with Crippen LogP contribution in [-0.2, 0) is 27.7 Å². The zero-order valence-corrected chi connectivity index (χ0v) is 16.0. The van der Waals surface area contributed by atoms with Crippen LogP contribution in [0, 0.1) is 6.92 Å². The van der Waals surface area contributed by atoms with Crippen LogP contribution in [-0.4, -0.2) is 27.4 Å². The number of anilines is 1. The molecular weight excluding hydrogens is 348 g/mol. The van der Waals surface area contributed by atoms with E-state index in [1.54, 1.807) is 23.1 Å². The highest BCUT2D eigenvalue weighted by atomic mass is 32.2. The number of sulfonamides is 1. The highest BCUT2D eigenvalue weighted by Gasteiger charge is 2.25. The number of nitrogens with zero attached hydrogens (tertiary/aromatic N) is 1. The number of carbonyl (C=O) groups is 1. The second-order valence-electron chi connectivity index (χ2n) is 6.58. The molecule has 5 nitrogen and oxygen atoms in total. The molecule has 2 aromatic carbocycles. The maximum atomic E-state index is 12.6. The van der Waals surface area contributed by atoms with Crippen molar-refractivity contribution >= 4 is 21.6 Å². The monoisotopic (exact) mass is 372 g/mol. The average molecular weight is 372 g/mol. The molecule has 0 bridgehead atoms. The number of aryl methyl sites for hydroxylation is 1. The molecule has 3 rings (SSSR count). The van der Waals surface area contributed by atoms with Crippen LogP contribution in [0.4, 0.5) is 5.69 Å². The van der Waals surface area contributed by atoms with Crippen LogP contribution in [0.25, 0.3) is 0 Å². The van der Waals surface area contributed by atoms with Crippen LogP contribution in [0.1, 0.15) is 30.0 Å². The van der Waals surface area contributed by atoms with Crippen LogP contribution in [0.3, 0.4) is 0 Å². The van der Waals surface area contributed by atoms with E-state index in [4.69, 9.17) is 0 Å². The van der Waals surface area contributed by atoms with Crippen molar-refractivity contribution in [1.82, 2.24) is 4.72 Å². The molecule has 1 amide bonds. The predicted molar refractivity (Wildman–Crippen MR) is 103 cm³/mol. The zero-order valence-electron chi connectivity index (χ0n) is 15.2. The minimum Gasteiger partial charge on any atom is -0.312 e. The molecule has 1 aliphatic rings. The van der Waals surface area contributed by atoms with Gasteiger partial charge in [-0.3, -0.25) is 4.79 Å². The molecule has 0 radical (unpaired) electrons. The fourth-order valence-electron chi connectivity index (χ4n) is 3.28. The van der Waals surface area contributed by atoms with Gasteiger partial charge in [-0.2, -0.15) is 0 Å². The van der Waals surface area contributed by atoms with Gasteiger partial charge in [0.05, 0.1) is 4.90 Å². The highest BCUT2D eigenvalue weighted by Crippen LogP contribution is 2.30. The SMILES string of the molecule is CCC(=O)N1CCc2cc(S(=O)(=O)NCCc3cccc(C)c3)ccc21. The predicted octanol–water partition coefficient (Wildman–Crippen LogP) is 2.82. The smallest absolute Gasteiger partial charge is 0.240 e. The van der Waals surface area contributed by atoms with Gasteiger partial charge in [-0.05, 0) is 49.1 Å². The number of carbonyl (C=O) groups excluding carboxylic acids is 1. The molecule has 1 aliphatic heterocycles. The first-order chi connectivity index (χ1) is 12.4. The second kappa shape index (κ2) is 7.60. The van der Waals surface area contributed by atoms with Crippen molar-refractivity contribution in [2.24, 2.45) is 0 Å². The molecule has 0 unspecified atom stereocenters. The Morgan fingerprint density at radius 2 is 2.00 bits per heavy atom. The lowest BCUT2D eigenvalue weighted by atomic mass is 10.1. The number of fused-ring (bicyclic) bond motifs is 1. The second-order valence-corrected chi connectivity index (χ2v) is 8.34. The van der Waals surface area contributed by atoms with Gasteiger partial charge in [0.1, 0.15) is 0 Å². The lowest BCUT2D eigenvalue weighted by molar-refractivity contribution is -0.118. The largest absolute Gasteiger partial charge is 0.312 e. The third-order valence-electron chi connectivity index (χ3n) is 4.65. The maximum absolute atomic E-state index is 12.6. The Morgan fingerprint density at radius 1 is 1.19 bits per heavy atom. The molecule has 0 aliphatic carbocycles. The number of nitrogens with one attached hydrogen (secondary N) is 1. The zero-order chi connectivity index (χ0) is 18.7. The third kappa shape index (κ3) is 3.97. The Labute approximate surface area is 155 Å². The molecule has 0 saturated carbocycles. The summed E-state index contributed by atoms with van der Waals surface area (Å²) in [6, 6.07) is 13.1. The van der Waals surface area contributed by atoms with Crippen LogP contribution in [0.2, 0.25) is 0 Å². The summed E-state index contributed by atoms with van der Waals surface area (Å²) >= 11 is 0. The van der Waals surface area contributed by atoms with Crippen LogP contribution >= 0.6 is 0 Å². The molecule has 1 heterocycles. The molecule has 0 saturated heterocycles. The lowest BCUT2D eigenvalue weighted by Crippen LogP contribution is -2.28. The normalized spacial score (nSPS) is 13.7. The van der Waals surface area contributed by atoms with E-state index in [1.807, 2.05) is 32.0 Å². The van der Waals surface area contributed by atoms with E-state index in [9.17, 15) is 13.2 Å². The summed E-state index contributed by atoms with van der Waals surface area (Å²) in [5, 5.41) is 0. The third-order valence-corrected chi connectivity index (χ3v) is 6.11. The van der Waals surface area contributed by atoms with Gasteiger partial charge in [-0.15, -0.1) is 0 Å². The summed E-state index contributed by atoms with van der Waals surface area (Å²) < 4.78 is 27.8. The molecule has 6 heteroatoms. The van der Waals surface area contributed by atoms with Crippen molar-refractivity contribution in [2.75, 3.05) is 18.0 Å². The van der Waals surface area contributed by atoms with E-state index in [-0.39, 0.29) is 10.8 Å². The van der Waals surface area contributed by atoms with Crippen LogP contribution < -0.4 is 9.62 Å². The molecular formula is C20H24N2O3S. The molecule has 2 aromatic rings. The topological polar surface area (TPSA) is 66.5 Å². The van der Waals surface area contributed by atoms with Gasteiger partial charge in [-0.25, -0.2) is 13.1 Å². The number of benzene rings is 2. The van der Waals surface area contributed by atoms with Crippen molar-refractivity contribution in [3.05, 3.63) is 59.2 Å². The Bertz CT molecular complexity index is 922. The summed E-state index contributed by atoms with van der Waals surface area (Å²) in [5.74, 6) is 0.0654. The first kappa shape index (κ1) is 18.6. The van der Waals surface area contributed by atoms with E-state index >= 15 is 0 Å². The van der Waals surface area contributed by atoms with Crippen molar-refractivity contribution in [2.45, 2.75) is 38.0 Å². The van der Waals surface area contributed by atoms with Gasteiger partial charge in [0.2, 0.25) is 15.9 Å². The molecule has 0 atom stereocenters. The number of hydrogen-bond acceptors (Lipinski definition) is 3. The Balaban J connectivity index is 1.69. The van der Waals surface area contributed by atoms with Gasteiger partial charge >= 0.3 is 0 Å². The summed E-state index contributed by atoms with van der Waals surface area (Å²) in [6.07, 6.45) is 1.78. The van der Waals surface area contributed by atoms with E-state index in [0.717, 1.165) is 22.4 Å². The fraction of sp³-hybridized carbons (Fsp3) is 0.350. The molecule has 138 valence electrons. The van der Waals surface area contributed by atoms with Crippen molar-refractivity contribution in [3.63, 3.8) is 0 Å². The summed E-state index contributed by atoms with van der Waals surface area (Å²) in [4.78, 5) is 13.9.